The third-order valence-corrected chi connectivity index (χ3v) is 2.74. The van der Waals surface area contributed by atoms with Gasteiger partial charge in [0.25, 0.3) is 5.91 Å². The van der Waals surface area contributed by atoms with E-state index in [0.717, 1.165) is 10.9 Å². The average Bonchev–Trinajstić information content (AvgIpc) is 2.28. The van der Waals surface area contributed by atoms with E-state index in [1.54, 1.807) is 12.1 Å². The molecule has 0 bridgehead atoms. The molecule has 1 aromatic carbocycles. The Morgan fingerprint density at radius 1 is 1.38 bits per heavy atom. The Morgan fingerprint density at radius 3 is 2.38 bits per heavy atom. The first-order valence-corrected chi connectivity index (χ1v) is 5.85. The van der Waals surface area contributed by atoms with Crippen LogP contribution < -0.4 is 5.32 Å². The summed E-state index contributed by atoms with van der Waals surface area (Å²) >= 11 is 3.30. The van der Waals surface area contributed by atoms with Crippen molar-refractivity contribution in [3.63, 3.8) is 0 Å². The summed E-state index contributed by atoms with van der Waals surface area (Å²) in [7, 11) is 0. The molecule has 0 fully saturated rings. The maximum atomic E-state index is 11.6. The zero-order valence-electron chi connectivity index (χ0n) is 8.74. The minimum Gasteiger partial charge on any atom is -0.480 e. The smallest absolute Gasteiger partial charge is 0.325 e. The van der Waals surface area contributed by atoms with Crippen molar-refractivity contribution in [2.24, 2.45) is 0 Å². The molecule has 0 aromatic heterocycles. The summed E-state index contributed by atoms with van der Waals surface area (Å²) in [6.45, 7) is 1.42. The molecule has 0 saturated heterocycles. The van der Waals surface area contributed by atoms with E-state index in [0.29, 0.717) is 5.56 Å². The van der Waals surface area contributed by atoms with Crippen molar-refractivity contribution >= 4 is 27.8 Å². The van der Waals surface area contributed by atoms with Crippen molar-refractivity contribution in [1.82, 2.24) is 5.32 Å². The fourth-order valence-electron chi connectivity index (χ4n) is 1.09. The van der Waals surface area contributed by atoms with Gasteiger partial charge in [0.15, 0.2) is 0 Å². The van der Waals surface area contributed by atoms with Gasteiger partial charge in [-0.3, -0.25) is 9.59 Å². The van der Waals surface area contributed by atoms with Gasteiger partial charge in [-0.15, -0.1) is 0 Å². The van der Waals surface area contributed by atoms with Gasteiger partial charge in [-0.2, -0.15) is 0 Å². The van der Waals surface area contributed by atoms with Gasteiger partial charge in [0.05, 0.1) is 0 Å². The summed E-state index contributed by atoms with van der Waals surface area (Å²) in [5, 5.41) is 11.7. The molecule has 0 saturated carbocycles. The second-order valence-electron chi connectivity index (χ2n) is 3.36. The molecule has 86 valence electrons. The molecule has 4 nitrogen and oxygen atoms in total. The van der Waals surface area contributed by atoms with E-state index in [1.165, 1.54) is 6.92 Å². The van der Waals surface area contributed by atoms with E-state index < -0.39 is 12.0 Å². The number of rotatable bonds is 4. The molecule has 1 aromatic rings. The van der Waals surface area contributed by atoms with Crippen LogP contribution in [0.15, 0.2) is 24.3 Å². The number of hydrogen-bond donors (Lipinski definition) is 2. The van der Waals surface area contributed by atoms with Crippen LogP contribution in [0.2, 0.25) is 0 Å². The Morgan fingerprint density at radius 2 is 1.94 bits per heavy atom. The number of aliphatic carboxylic acids is 1. The third-order valence-electron chi connectivity index (χ3n) is 2.09. The molecule has 16 heavy (non-hydrogen) atoms. The minimum absolute atomic E-state index is 0.379. The van der Waals surface area contributed by atoms with Crippen LogP contribution in [0.25, 0.3) is 0 Å². The van der Waals surface area contributed by atoms with Crippen LogP contribution in [-0.2, 0) is 10.1 Å². The molecule has 0 aliphatic heterocycles. The highest BCUT2D eigenvalue weighted by atomic mass is 79.9. The van der Waals surface area contributed by atoms with Crippen LogP contribution in [0, 0.1) is 0 Å². The Bertz CT molecular complexity index is 389. The summed E-state index contributed by atoms with van der Waals surface area (Å²) in [4.78, 5) is 22.1. The van der Waals surface area contributed by atoms with Crippen LogP contribution in [0.4, 0.5) is 0 Å². The summed E-state index contributed by atoms with van der Waals surface area (Å²) in [6.07, 6.45) is 0. The number of carboxylic acid groups (broad SMARTS) is 1. The zero-order valence-corrected chi connectivity index (χ0v) is 10.3. The number of amides is 1. The van der Waals surface area contributed by atoms with Crippen LogP contribution in [0.1, 0.15) is 22.8 Å². The first kappa shape index (κ1) is 12.7. The number of alkyl halides is 1. The SMILES string of the molecule is C[C@H](NC(=O)c1ccc(CBr)cc1)C(=O)O. The van der Waals surface area contributed by atoms with Gasteiger partial charge in [0, 0.05) is 10.9 Å². The van der Waals surface area contributed by atoms with Crippen LogP contribution in [0.5, 0.6) is 0 Å². The Balaban J connectivity index is 2.69. The predicted octanol–water partition coefficient (Wildman–Crippen LogP) is 1.78. The number of nitrogens with one attached hydrogen (secondary N) is 1. The molecule has 2 N–H and O–H groups in total. The Kier molecular flexibility index (Phi) is 4.49. The molecule has 1 amide bonds. The normalized spacial score (nSPS) is 11.9. The first-order chi connectivity index (χ1) is 7.54. The highest BCUT2D eigenvalue weighted by Crippen LogP contribution is 2.07. The van der Waals surface area contributed by atoms with Crippen molar-refractivity contribution in [1.29, 1.82) is 0 Å². The van der Waals surface area contributed by atoms with E-state index in [-0.39, 0.29) is 5.91 Å². The summed E-state index contributed by atoms with van der Waals surface area (Å²) in [5.41, 5.74) is 1.51. The lowest BCUT2D eigenvalue weighted by atomic mass is 10.1. The summed E-state index contributed by atoms with van der Waals surface area (Å²) < 4.78 is 0. The number of carboxylic acids is 1. The van der Waals surface area contributed by atoms with E-state index in [2.05, 4.69) is 21.2 Å². The maximum absolute atomic E-state index is 11.6. The molecule has 0 aliphatic carbocycles. The zero-order chi connectivity index (χ0) is 12.1. The lowest BCUT2D eigenvalue weighted by molar-refractivity contribution is -0.138. The standard InChI is InChI=1S/C11H12BrNO3/c1-7(11(15)16)13-10(14)9-4-2-8(6-12)3-5-9/h2-5,7H,6H2,1H3,(H,13,14)(H,15,16)/t7-/m0/s1. The Hall–Kier alpha value is -1.36. The molecule has 0 unspecified atom stereocenters. The largest absolute Gasteiger partial charge is 0.480 e. The molecule has 0 spiro atoms. The summed E-state index contributed by atoms with van der Waals surface area (Å²) in [6, 6.07) is 6.08. The number of hydrogen-bond acceptors (Lipinski definition) is 2. The molecule has 0 radical (unpaired) electrons. The quantitative estimate of drug-likeness (QED) is 0.829. The average molecular weight is 286 g/mol. The van der Waals surface area contributed by atoms with E-state index in [4.69, 9.17) is 5.11 Å². The first-order valence-electron chi connectivity index (χ1n) is 4.73. The van der Waals surface area contributed by atoms with Crippen molar-refractivity contribution in [3.05, 3.63) is 35.4 Å². The van der Waals surface area contributed by atoms with E-state index in [9.17, 15) is 9.59 Å². The third kappa shape index (κ3) is 3.34. The van der Waals surface area contributed by atoms with Crippen molar-refractivity contribution < 1.29 is 14.7 Å². The van der Waals surface area contributed by atoms with Crippen molar-refractivity contribution in [3.8, 4) is 0 Å². The molecular weight excluding hydrogens is 274 g/mol. The summed E-state index contributed by atoms with van der Waals surface area (Å²) in [5.74, 6) is -1.43. The maximum Gasteiger partial charge on any atom is 0.325 e. The molecule has 5 heteroatoms. The highest BCUT2D eigenvalue weighted by molar-refractivity contribution is 9.08. The van der Waals surface area contributed by atoms with Gasteiger partial charge in [-0.05, 0) is 24.6 Å². The number of carbonyl (C=O) groups excluding carboxylic acids is 1. The van der Waals surface area contributed by atoms with Crippen LogP contribution >= 0.6 is 15.9 Å². The van der Waals surface area contributed by atoms with Crippen LogP contribution in [0.3, 0.4) is 0 Å². The monoisotopic (exact) mass is 285 g/mol. The minimum atomic E-state index is -1.05. The molecular formula is C11H12BrNO3. The topological polar surface area (TPSA) is 66.4 Å². The second kappa shape index (κ2) is 5.65. The van der Waals surface area contributed by atoms with Crippen molar-refractivity contribution in [2.45, 2.75) is 18.3 Å². The fraction of sp³-hybridized carbons (Fsp3) is 0.273. The second-order valence-corrected chi connectivity index (χ2v) is 3.92. The predicted molar refractivity (Wildman–Crippen MR) is 63.6 cm³/mol. The van der Waals surface area contributed by atoms with Crippen LogP contribution in [-0.4, -0.2) is 23.0 Å². The van der Waals surface area contributed by atoms with Gasteiger partial charge >= 0.3 is 5.97 Å². The number of carbonyl (C=O) groups is 2. The highest BCUT2D eigenvalue weighted by Gasteiger charge is 2.14. The van der Waals surface area contributed by atoms with Gasteiger partial charge < -0.3 is 10.4 Å². The van der Waals surface area contributed by atoms with Crippen molar-refractivity contribution in [2.75, 3.05) is 0 Å². The van der Waals surface area contributed by atoms with Gasteiger partial charge in [-0.25, -0.2) is 0 Å². The molecule has 0 heterocycles. The van der Waals surface area contributed by atoms with Gasteiger partial charge in [0.2, 0.25) is 0 Å². The number of benzene rings is 1. The fourth-order valence-corrected chi connectivity index (χ4v) is 1.46. The van der Waals surface area contributed by atoms with E-state index >= 15 is 0 Å². The lowest BCUT2D eigenvalue weighted by Gasteiger charge is -2.09. The van der Waals surface area contributed by atoms with E-state index in [1.807, 2.05) is 12.1 Å². The lowest BCUT2D eigenvalue weighted by Crippen LogP contribution is -2.38. The molecule has 1 atom stereocenters. The Labute approximate surface area is 102 Å². The van der Waals surface area contributed by atoms with Gasteiger partial charge in [0.1, 0.15) is 6.04 Å². The number of halogens is 1. The van der Waals surface area contributed by atoms with Gasteiger partial charge in [-0.1, -0.05) is 28.1 Å². The molecule has 1 rings (SSSR count). The molecule has 0 aliphatic rings.